The van der Waals surface area contributed by atoms with Gasteiger partial charge in [-0.3, -0.25) is 9.59 Å². The second kappa shape index (κ2) is 6.28. The zero-order valence-electron chi connectivity index (χ0n) is 16.6. The summed E-state index contributed by atoms with van der Waals surface area (Å²) in [5.74, 6) is -0.686. The van der Waals surface area contributed by atoms with E-state index < -0.39 is 11.6 Å². The number of carboxylic acids is 1. The van der Waals surface area contributed by atoms with Crippen molar-refractivity contribution < 1.29 is 24.6 Å². The van der Waals surface area contributed by atoms with Crippen LogP contribution in [-0.4, -0.2) is 34.0 Å². The highest BCUT2D eigenvalue weighted by molar-refractivity contribution is 5.92. The summed E-state index contributed by atoms with van der Waals surface area (Å²) in [4.78, 5) is 34.7. The van der Waals surface area contributed by atoms with Crippen molar-refractivity contribution >= 4 is 18.2 Å². The van der Waals surface area contributed by atoms with Crippen molar-refractivity contribution in [1.29, 1.82) is 0 Å². The Bertz CT molecular complexity index is 814. The molecular formula is C22H29NO5. The van der Waals surface area contributed by atoms with Crippen LogP contribution in [-0.2, 0) is 14.4 Å². The summed E-state index contributed by atoms with van der Waals surface area (Å²) in [6, 6.07) is 0. The van der Waals surface area contributed by atoms with E-state index in [2.05, 4.69) is 19.2 Å². The first-order chi connectivity index (χ1) is 13.2. The van der Waals surface area contributed by atoms with Crippen LogP contribution >= 0.6 is 0 Å². The number of hydrogen-bond acceptors (Lipinski definition) is 4. The lowest BCUT2D eigenvalue weighted by molar-refractivity contribution is -0.183. The van der Waals surface area contributed by atoms with Crippen molar-refractivity contribution in [2.24, 2.45) is 22.7 Å². The van der Waals surface area contributed by atoms with Crippen LogP contribution in [0.2, 0.25) is 0 Å². The molecule has 3 N–H and O–H groups in total. The number of carbonyl (C=O) groups is 3. The van der Waals surface area contributed by atoms with Gasteiger partial charge in [0.25, 0.3) is 0 Å². The van der Waals surface area contributed by atoms with Gasteiger partial charge in [0.2, 0.25) is 6.41 Å². The Morgan fingerprint density at radius 2 is 1.86 bits per heavy atom. The van der Waals surface area contributed by atoms with E-state index in [-0.39, 0.29) is 34.1 Å². The van der Waals surface area contributed by atoms with Crippen LogP contribution in [0.25, 0.3) is 0 Å². The van der Waals surface area contributed by atoms with Crippen molar-refractivity contribution in [2.75, 3.05) is 0 Å². The summed E-state index contributed by atoms with van der Waals surface area (Å²) in [5.41, 5.74) is 0.338. The Labute approximate surface area is 165 Å². The summed E-state index contributed by atoms with van der Waals surface area (Å²) in [6.07, 6.45) is 7.74. The van der Waals surface area contributed by atoms with Crippen LogP contribution in [0.15, 0.2) is 22.9 Å². The molecule has 0 radical (unpaired) electrons. The number of amides is 1. The van der Waals surface area contributed by atoms with E-state index in [4.69, 9.17) is 0 Å². The topological polar surface area (TPSA) is 104 Å². The molecule has 0 aromatic heterocycles. The number of rotatable bonds is 3. The van der Waals surface area contributed by atoms with Gasteiger partial charge in [-0.15, -0.1) is 0 Å². The van der Waals surface area contributed by atoms with E-state index >= 15 is 0 Å². The number of ketones is 1. The summed E-state index contributed by atoms with van der Waals surface area (Å²) >= 11 is 0. The molecule has 0 unspecified atom stereocenters. The van der Waals surface area contributed by atoms with Crippen molar-refractivity contribution in [2.45, 2.75) is 70.8 Å². The van der Waals surface area contributed by atoms with Gasteiger partial charge in [0.1, 0.15) is 5.70 Å². The highest BCUT2D eigenvalue weighted by atomic mass is 16.4. The number of fused-ring (bicyclic) bond motifs is 5. The van der Waals surface area contributed by atoms with Gasteiger partial charge in [-0.05, 0) is 73.8 Å². The first kappa shape index (κ1) is 19.4. The molecule has 0 bridgehead atoms. The first-order valence-corrected chi connectivity index (χ1v) is 10.3. The molecule has 1 amide bonds. The van der Waals surface area contributed by atoms with E-state index in [1.54, 1.807) is 6.08 Å². The molecule has 3 saturated carbocycles. The standard InChI is InChI=1S/C22H29NO5/c1-20-9-10-22(28)16(4-3-13-11-14(25)7-8-21(13,22)2)15(20)5-6-17(20)18(19(26)27)23-12-24/h11-12,15-16,28H,3-10H2,1-2H3,(H,23,24)(H,26,27)/b18-17+/t15-,16-,20-,21-,22+/m0/s1. The van der Waals surface area contributed by atoms with Crippen LogP contribution in [0.1, 0.15) is 65.2 Å². The fourth-order valence-corrected chi connectivity index (χ4v) is 7.06. The Balaban J connectivity index is 1.75. The van der Waals surface area contributed by atoms with Crippen LogP contribution < -0.4 is 5.32 Å². The summed E-state index contributed by atoms with van der Waals surface area (Å²) < 4.78 is 0. The van der Waals surface area contributed by atoms with E-state index in [9.17, 15) is 24.6 Å². The number of aliphatic hydroxyl groups is 1. The molecule has 0 heterocycles. The number of aliphatic carboxylic acids is 1. The molecule has 28 heavy (non-hydrogen) atoms. The lowest BCUT2D eigenvalue weighted by Gasteiger charge is -2.62. The minimum atomic E-state index is -1.10. The first-order valence-electron chi connectivity index (χ1n) is 10.3. The van der Waals surface area contributed by atoms with E-state index in [1.807, 2.05) is 0 Å². The molecule has 0 aromatic rings. The number of nitrogens with one attached hydrogen (secondary N) is 1. The molecule has 3 fully saturated rings. The molecule has 4 rings (SSSR count). The zero-order chi connectivity index (χ0) is 20.3. The zero-order valence-corrected chi connectivity index (χ0v) is 16.6. The lowest BCUT2D eigenvalue weighted by Crippen LogP contribution is -2.62. The monoisotopic (exact) mass is 387 g/mol. The summed E-state index contributed by atoms with van der Waals surface area (Å²) in [6.45, 7) is 4.22. The summed E-state index contributed by atoms with van der Waals surface area (Å²) in [7, 11) is 0. The molecule has 0 aromatic carbocycles. The molecule has 152 valence electrons. The molecular weight excluding hydrogens is 358 g/mol. The van der Waals surface area contributed by atoms with Gasteiger partial charge in [-0.25, -0.2) is 4.79 Å². The number of carboxylic acid groups (broad SMARTS) is 1. The summed E-state index contributed by atoms with van der Waals surface area (Å²) in [5, 5.41) is 24.0. The fraction of sp³-hybridized carbons (Fsp3) is 0.682. The number of hydrogen-bond donors (Lipinski definition) is 3. The Morgan fingerprint density at radius 3 is 2.54 bits per heavy atom. The predicted molar refractivity (Wildman–Crippen MR) is 102 cm³/mol. The molecule has 0 aliphatic heterocycles. The number of allylic oxidation sites excluding steroid dienone is 1. The minimum absolute atomic E-state index is 0.0105. The molecule has 0 spiro atoms. The van der Waals surface area contributed by atoms with E-state index in [1.165, 1.54) is 0 Å². The van der Waals surface area contributed by atoms with Crippen LogP contribution in [0.3, 0.4) is 0 Å². The molecule has 5 atom stereocenters. The minimum Gasteiger partial charge on any atom is -0.477 e. The maximum atomic E-state index is 12.0. The van der Waals surface area contributed by atoms with Gasteiger partial charge in [-0.2, -0.15) is 0 Å². The van der Waals surface area contributed by atoms with Gasteiger partial charge in [0.05, 0.1) is 5.60 Å². The molecule has 4 aliphatic carbocycles. The predicted octanol–water partition coefficient (Wildman–Crippen LogP) is 2.72. The Kier molecular flexibility index (Phi) is 4.34. The lowest BCUT2D eigenvalue weighted by atomic mass is 9.45. The average molecular weight is 387 g/mol. The van der Waals surface area contributed by atoms with E-state index in [0.29, 0.717) is 38.5 Å². The highest BCUT2D eigenvalue weighted by Crippen LogP contribution is 2.68. The Hall–Kier alpha value is -1.95. The fourth-order valence-electron chi connectivity index (χ4n) is 7.06. The third kappa shape index (κ3) is 2.39. The SMILES string of the molecule is C[C@]12CCC(=O)C=C1CC[C@H]1[C@@H]3CC/C(=C(\NC=O)C(=O)O)[C@@]3(C)CC[C@@]12O. The maximum Gasteiger partial charge on any atom is 0.352 e. The second-order valence-corrected chi connectivity index (χ2v) is 9.52. The van der Waals surface area contributed by atoms with Crippen molar-refractivity contribution in [1.82, 2.24) is 5.32 Å². The van der Waals surface area contributed by atoms with Crippen molar-refractivity contribution in [3.63, 3.8) is 0 Å². The normalized spacial score (nSPS) is 44.0. The van der Waals surface area contributed by atoms with E-state index in [0.717, 1.165) is 30.4 Å². The van der Waals surface area contributed by atoms with Crippen LogP contribution in [0.4, 0.5) is 0 Å². The van der Waals surface area contributed by atoms with Crippen LogP contribution in [0, 0.1) is 22.7 Å². The third-order valence-corrected chi connectivity index (χ3v) is 8.65. The quantitative estimate of drug-likeness (QED) is 0.510. The average Bonchev–Trinajstić information content (AvgIpc) is 2.98. The van der Waals surface area contributed by atoms with Gasteiger partial charge in [0.15, 0.2) is 5.78 Å². The van der Waals surface area contributed by atoms with Crippen molar-refractivity contribution in [3.05, 3.63) is 22.9 Å². The van der Waals surface area contributed by atoms with Gasteiger partial charge < -0.3 is 15.5 Å². The molecule has 0 saturated heterocycles. The van der Waals surface area contributed by atoms with Gasteiger partial charge >= 0.3 is 5.97 Å². The van der Waals surface area contributed by atoms with Crippen LogP contribution in [0.5, 0.6) is 0 Å². The Morgan fingerprint density at radius 1 is 1.14 bits per heavy atom. The molecule has 4 aliphatic rings. The number of carbonyl (C=O) groups excluding carboxylic acids is 2. The molecule has 6 nitrogen and oxygen atoms in total. The maximum absolute atomic E-state index is 12.0. The van der Waals surface area contributed by atoms with Crippen molar-refractivity contribution in [3.8, 4) is 0 Å². The largest absolute Gasteiger partial charge is 0.477 e. The smallest absolute Gasteiger partial charge is 0.352 e. The molecule has 6 heteroatoms. The van der Waals surface area contributed by atoms with Gasteiger partial charge in [0, 0.05) is 11.8 Å². The van der Waals surface area contributed by atoms with Gasteiger partial charge in [-0.1, -0.05) is 19.4 Å². The second-order valence-electron chi connectivity index (χ2n) is 9.52. The highest BCUT2D eigenvalue weighted by Gasteiger charge is 2.65. The third-order valence-electron chi connectivity index (χ3n) is 8.65.